The highest BCUT2D eigenvalue weighted by atomic mass is 35.5. The number of benzene rings is 1. The van der Waals surface area contributed by atoms with Crippen LogP contribution in [0.15, 0.2) is 18.2 Å². The van der Waals surface area contributed by atoms with Crippen molar-refractivity contribution in [3.05, 3.63) is 51.7 Å². The molecule has 0 aliphatic carbocycles. The van der Waals surface area contributed by atoms with Gasteiger partial charge in [-0.3, -0.25) is 4.79 Å². The predicted molar refractivity (Wildman–Crippen MR) is 128 cm³/mol. The Bertz CT molecular complexity index is 937. The molecule has 1 aromatic heterocycles. The van der Waals surface area contributed by atoms with E-state index in [4.69, 9.17) is 21.6 Å². The smallest absolute Gasteiger partial charge is 0.222 e. The van der Waals surface area contributed by atoms with Crippen molar-refractivity contribution in [2.75, 3.05) is 31.1 Å². The lowest BCUT2D eigenvalue weighted by Gasteiger charge is -2.37. The third-order valence-electron chi connectivity index (χ3n) is 6.19. The summed E-state index contributed by atoms with van der Waals surface area (Å²) in [5.74, 6) is 2.10. The molecule has 2 aromatic rings. The summed E-state index contributed by atoms with van der Waals surface area (Å²) in [5.41, 5.74) is 2.21. The number of anilines is 1. The summed E-state index contributed by atoms with van der Waals surface area (Å²) in [5, 5.41) is 0.408. The Morgan fingerprint density at radius 3 is 2.41 bits per heavy atom. The zero-order valence-electron chi connectivity index (χ0n) is 19.8. The van der Waals surface area contributed by atoms with Gasteiger partial charge in [0.2, 0.25) is 5.91 Å². The lowest BCUT2D eigenvalue weighted by atomic mass is 10.0. The lowest BCUT2D eigenvalue weighted by molar-refractivity contribution is -0.132. The number of aromatic nitrogens is 2. The van der Waals surface area contributed by atoms with Crippen LogP contribution in [0.1, 0.15) is 69.1 Å². The van der Waals surface area contributed by atoms with E-state index in [0.717, 1.165) is 29.3 Å². The number of carbonyl (C=O) groups is 1. The van der Waals surface area contributed by atoms with E-state index in [2.05, 4.69) is 32.6 Å². The minimum Gasteiger partial charge on any atom is -0.353 e. The molecule has 0 bridgehead atoms. The first-order chi connectivity index (χ1) is 15.2. The second-order valence-electron chi connectivity index (χ2n) is 9.12. The van der Waals surface area contributed by atoms with Crippen molar-refractivity contribution < 1.29 is 9.18 Å². The Hall–Kier alpha value is -2.21. The van der Waals surface area contributed by atoms with Gasteiger partial charge < -0.3 is 9.80 Å². The van der Waals surface area contributed by atoms with Gasteiger partial charge >= 0.3 is 0 Å². The van der Waals surface area contributed by atoms with Gasteiger partial charge in [0.15, 0.2) is 0 Å². The van der Waals surface area contributed by atoms with Crippen molar-refractivity contribution in [2.45, 2.75) is 59.8 Å². The van der Waals surface area contributed by atoms with Gasteiger partial charge in [-0.2, -0.15) is 0 Å². The van der Waals surface area contributed by atoms with Gasteiger partial charge in [-0.15, -0.1) is 0 Å². The maximum absolute atomic E-state index is 14.6. The van der Waals surface area contributed by atoms with E-state index in [1.165, 1.54) is 6.07 Å². The number of halogens is 2. The second-order valence-corrected chi connectivity index (χ2v) is 9.53. The van der Waals surface area contributed by atoms with Gasteiger partial charge in [0.05, 0.1) is 0 Å². The Morgan fingerprint density at radius 2 is 1.81 bits per heavy atom. The molecule has 7 heteroatoms. The van der Waals surface area contributed by atoms with Crippen LogP contribution >= 0.6 is 11.6 Å². The van der Waals surface area contributed by atoms with Gasteiger partial charge in [-0.25, -0.2) is 14.4 Å². The quantitative estimate of drug-likeness (QED) is 0.556. The third-order valence-corrected chi connectivity index (χ3v) is 6.55. The van der Waals surface area contributed by atoms with Crippen molar-refractivity contribution in [1.29, 1.82) is 0 Å². The first-order valence-electron chi connectivity index (χ1n) is 11.5. The maximum Gasteiger partial charge on any atom is 0.222 e. The number of amides is 1. The predicted octanol–water partition coefficient (Wildman–Crippen LogP) is 5.38. The van der Waals surface area contributed by atoms with E-state index >= 15 is 0 Å². The molecule has 1 atom stereocenters. The highest BCUT2D eigenvalue weighted by Crippen LogP contribution is 2.30. The van der Waals surface area contributed by atoms with Crippen LogP contribution in [0.5, 0.6) is 0 Å². The number of piperazine rings is 1. The molecule has 0 radical (unpaired) electrons. The topological polar surface area (TPSA) is 49.3 Å². The Kier molecular flexibility index (Phi) is 8.10. The van der Waals surface area contributed by atoms with Crippen LogP contribution in [0.2, 0.25) is 5.02 Å². The first kappa shape index (κ1) is 24.4. The van der Waals surface area contributed by atoms with Crippen LogP contribution in [0, 0.1) is 18.7 Å². The summed E-state index contributed by atoms with van der Waals surface area (Å²) < 4.78 is 14.6. The van der Waals surface area contributed by atoms with Crippen molar-refractivity contribution in [1.82, 2.24) is 14.9 Å². The van der Waals surface area contributed by atoms with Crippen molar-refractivity contribution in [2.24, 2.45) is 5.92 Å². The number of nitrogens with zero attached hydrogens (tertiary/aromatic N) is 4. The standard InChI is InChI=1S/C25H34ClFN4O/c1-6-17(4)24-28-18(5)19(15-20-21(26)8-7-9-22(20)27)25(29-24)31-12-10-30(11-13-31)23(32)14-16(2)3/h7-9,16-17H,6,10-15H2,1-5H3/t17-/m0/s1. The van der Waals surface area contributed by atoms with Gasteiger partial charge in [-0.1, -0.05) is 45.4 Å². The molecule has 3 rings (SSSR count). The van der Waals surface area contributed by atoms with Crippen LogP contribution in [-0.4, -0.2) is 47.0 Å². The molecule has 1 aliphatic heterocycles. The van der Waals surface area contributed by atoms with Gasteiger partial charge in [-0.05, 0) is 31.4 Å². The molecule has 1 aliphatic rings. The van der Waals surface area contributed by atoms with E-state index < -0.39 is 0 Å². The fourth-order valence-corrected chi connectivity index (χ4v) is 4.23. The molecule has 1 amide bonds. The van der Waals surface area contributed by atoms with Crippen LogP contribution in [-0.2, 0) is 11.2 Å². The summed E-state index contributed by atoms with van der Waals surface area (Å²) in [6.07, 6.45) is 1.84. The van der Waals surface area contributed by atoms with E-state index in [1.807, 2.05) is 11.8 Å². The molecule has 0 N–H and O–H groups in total. The van der Waals surface area contributed by atoms with Crippen LogP contribution in [0.3, 0.4) is 0 Å². The van der Waals surface area contributed by atoms with Crippen LogP contribution in [0.4, 0.5) is 10.2 Å². The van der Waals surface area contributed by atoms with E-state index in [9.17, 15) is 9.18 Å². The lowest BCUT2D eigenvalue weighted by Crippen LogP contribution is -2.49. The molecule has 0 spiro atoms. The molecule has 1 fully saturated rings. The SMILES string of the molecule is CC[C@H](C)c1nc(C)c(Cc2c(F)cccc2Cl)c(N2CCN(C(=O)CC(C)C)CC2)n1. The van der Waals surface area contributed by atoms with E-state index in [-0.39, 0.29) is 17.6 Å². The molecule has 2 heterocycles. The molecule has 0 unspecified atom stereocenters. The number of aryl methyl sites for hydroxylation is 1. The van der Waals surface area contributed by atoms with Gasteiger partial charge in [0, 0.05) is 66.8 Å². The Labute approximate surface area is 196 Å². The zero-order chi connectivity index (χ0) is 23.4. The molecule has 1 aromatic carbocycles. The minimum atomic E-state index is -0.321. The second kappa shape index (κ2) is 10.6. The number of carbonyl (C=O) groups excluding carboxylic acids is 1. The molecule has 174 valence electrons. The summed E-state index contributed by atoms with van der Waals surface area (Å²) in [4.78, 5) is 26.4. The van der Waals surface area contributed by atoms with Crippen molar-refractivity contribution in [3.8, 4) is 0 Å². The summed E-state index contributed by atoms with van der Waals surface area (Å²) >= 11 is 6.33. The summed E-state index contributed by atoms with van der Waals surface area (Å²) in [7, 11) is 0. The molecule has 1 saturated heterocycles. The minimum absolute atomic E-state index is 0.206. The summed E-state index contributed by atoms with van der Waals surface area (Å²) in [6.45, 7) is 13.0. The normalized spacial score (nSPS) is 15.4. The van der Waals surface area contributed by atoms with E-state index in [1.54, 1.807) is 12.1 Å². The molecule has 32 heavy (non-hydrogen) atoms. The third kappa shape index (κ3) is 5.58. The number of hydrogen-bond acceptors (Lipinski definition) is 4. The highest BCUT2D eigenvalue weighted by molar-refractivity contribution is 6.31. The number of rotatable bonds is 7. The van der Waals surface area contributed by atoms with Gasteiger partial charge in [0.1, 0.15) is 17.5 Å². The average molecular weight is 461 g/mol. The fourth-order valence-electron chi connectivity index (χ4n) is 4.00. The Morgan fingerprint density at radius 1 is 1.12 bits per heavy atom. The number of hydrogen-bond donors (Lipinski definition) is 0. The average Bonchev–Trinajstić information content (AvgIpc) is 2.76. The van der Waals surface area contributed by atoms with Crippen LogP contribution < -0.4 is 4.90 Å². The first-order valence-corrected chi connectivity index (χ1v) is 11.9. The highest BCUT2D eigenvalue weighted by Gasteiger charge is 2.26. The molecular formula is C25H34ClFN4O. The summed E-state index contributed by atoms with van der Waals surface area (Å²) in [6, 6.07) is 4.76. The van der Waals surface area contributed by atoms with Crippen LogP contribution in [0.25, 0.3) is 0 Å². The molecular weight excluding hydrogens is 427 g/mol. The van der Waals surface area contributed by atoms with E-state index in [0.29, 0.717) is 55.5 Å². The Balaban J connectivity index is 1.93. The molecule has 0 saturated carbocycles. The largest absolute Gasteiger partial charge is 0.353 e. The monoisotopic (exact) mass is 460 g/mol. The zero-order valence-corrected chi connectivity index (χ0v) is 20.5. The van der Waals surface area contributed by atoms with Crippen molar-refractivity contribution in [3.63, 3.8) is 0 Å². The van der Waals surface area contributed by atoms with Crippen molar-refractivity contribution >= 4 is 23.3 Å². The van der Waals surface area contributed by atoms with Gasteiger partial charge in [0.25, 0.3) is 0 Å². The maximum atomic E-state index is 14.6. The molecule has 5 nitrogen and oxygen atoms in total. The fraction of sp³-hybridized carbons (Fsp3) is 0.560.